The van der Waals surface area contributed by atoms with Crippen LogP contribution in [0, 0.1) is 0 Å². The summed E-state index contributed by atoms with van der Waals surface area (Å²) in [6.07, 6.45) is 1.47. The van der Waals surface area contributed by atoms with E-state index in [1.54, 1.807) is 6.92 Å². The Balaban J connectivity index is 2.52. The van der Waals surface area contributed by atoms with Gasteiger partial charge in [-0.2, -0.15) is 0 Å². The molecule has 0 aliphatic rings. The predicted molar refractivity (Wildman–Crippen MR) is 61.2 cm³/mol. The highest BCUT2D eigenvalue weighted by Crippen LogP contribution is 1.99. The number of amides is 2. The molecule has 0 heterocycles. The SMILES string of the molecule is C/C(=C\C(N)=O)NC(=O)Cc1ccccc1. The number of benzene rings is 1. The Morgan fingerprint density at radius 3 is 2.50 bits per heavy atom. The Bertz CT molecular complexity index is 410. The van der Waals surface area contributed by atoms with E-state index in [4.69, 9.17) is 5.73 Å². The van der Waals surface area contributed by atoms with Crippen molar-refractivity contribution in [2.24, 2.45) is 5.73 Å². The van der Waals surface area contributed by atoms with Crippen LogP contribution in [0.5, 0.6) is 0 Å². The zero-order chi connectivity index (χ0) is 12.0. The summed E-state index contributed by atoms with van der Waals surface area (Å²) in [7, 11) is 0. The fourth-order valence-electron chi connectivity index (χ4n) is 1.29. The second kappa shape index (κ2) is 5.70. The first-order chi connectivity index (χ1) is 7.58. The van der Waals surface area contributed by atoms with Crippen molar-refractivity contribution in [2.45, 2.75) is 13.3 Å². The van der Waals surface area contributed by atoms with Crippen molar-refractivity contribution in [3.8, 4) is 0 Å². The van der Waals surface area contributed by atoms with Crippen LogP contribution in [-0.2, 0) is 16.0 Å². The fraction of sp³-hybridized carbons (Fsp3) is 0.167. The minimum atomic E-state index is -0.572. The molecule has 2 amide bonds. The van der Waals surface area contributed by atoms with E-state index in [1.165, 1.54) is 6.08 Å². The summed E-state index contributed by atoms with van der Waals surface area (Å²) in [6, 6.07) is 9.36. The Morgan fingerprint density at radius 2 is 1.94 bits per heavy atom. The molecule has 0 spiro atoms. The molecule has 0 aromatic heterocycles. The molecule has 0 aliphatic carbocycles. The Hall–Kier alpha value is -2.10. The van der Waals surface area contributed by atoms with Crippen LogP contribution in [0.2, 0.25) is 0 Å². The largest absolute Gasteiger partial charge is 0.366 e. The van der Waals surface area contributed by atoms with Gasteiger partial charge in [0.2, 0.25) is 11.8 Å². The molecule has 0 bridgehead atoms. The lowest BCUT2D eigenvalue weighted by Crippen LogP contribution is -2.24. The molecule has 4 nitrogen and oxygen atoms in total. The first-order valence-electron chi connectivity index (χ1n) is 4.89. The molecule has 0 saturated heterocycles. The lowest BCUT2D eigenvalue weighted by Gasteiger charge is -2.04. The lowest BCUT2D eigenvalue weighted by molar-refractivity contribution is -0.119. The van der Waals surface area contributed by atoms with E-state index in [9.17, 15) is 9.59 Å². The zero-order valence-corrected chi connectivity index (χ0v) is 9.07. The molecular weight excluding hydrogens is 204 g/mol. The van der Waals surface area contributed by atoms with Gasteiger partial charge in [-0.15, -0.1) is 0 Å². The van der Waals surface area contributed by atoms with Crippen molar-refractivity contribution >= 4 is 11.8 Å². The van der Waals surface area contributed by atoms with Crippen molar-refractivity contribution in [1.29, 1.82) is 0 Å². The molecule has 0 atom stereocenters. The summed E-state index contributed by atoms with van der Waals surface area (Å²) >= 11 is 0. The molecule has 84 valence electrons. The quantitative estimate of drug-likeness (QED) is 0.731. The molecule has 16 heavy (non-hydrogen) atoms. The number of primary amides is 1. The summed E-state index contributed by atoms with van der Waals surface area (Å²) in [4.78, 5) is 22.0. The number of hydrogen-bond acceptors (Lipinski definition) is 2. The third kappa shape index (κ3) is 4.41. The van der Waals surface area contributed by atoms with Crippen LogP contribution in [0.25, 0.3) is 0 Å². The Morgan fingerprint density at radius 1 is 1.31 bits per heavy atom. The number of carbonyl (C=O) groups is 2. The number of nitrogens with two attached hydrogens (primary N) is 1. The molecule has 1 aromatic rings. The van der Waals surface area contributed by atoms with Gasteiger partial charge in [-0.25, -0.2) is 0 Å². The fourth-order valence-corrected chi connectivity index (χ4v) is 1.29. The van der Waals surface area contributed by atoms with Gasteiger partial charge in [0, 0.05) is 11.8 Å². The van der Waals surface area contributed by atoms with E-state index in [-0.39, 0.29) is 12.3 Å². The van der Waals surface area contributed by atoms with Gasteiger partial charge < -0.3 is 11.1 Å². The number of rotatable bonds is 4. The van der Waals surface area contributed by atoms with E-state index in [1.807, 2.05) is 30.3 Å². The van der Waals surface area contributed by atoms with Crippen molar-refractivity contribution in [3.63, 3.8) is 0 Å². The highest BCUT2D eigenvalue weighted by Gasteiger charge is 2.03. The smallest absolute Gasteiger partial charge is 0.243 e. The van der Waals surface area contributed by atoms with Crippen molar-refractivity contribution < 1.29 is 9.59 Å². The minimum absolute atomic E-state index is 0.166. The van der Waals surface area contributed by atoms with Gasteiger partial charge in [0.25, 0.3) is 0 Å². The Kier molecular flexibility index (Phi) is 4.27. The summed E-state index contributed by atoms with van der Waals surface area (Å²) < 4.78 is 0. The van der Waals surface area contributed by atoms with Crippen LogP contribution in [0.4, 0.5) is 0 Å². The average Bonchev–Trinajstić information content (AvgIpc) is 2.17. The van der Waals surface area contributed by atoms with Crippen molar-refractivity contribution in [2.75, 3.05) is 0 Å². The molecule has 0 fully saturated rings. The highest BCUT2D eigenvalue weighted by molar-refractivity contribution is 5.88. The molecule has 1 aromatic carbocycles. The van der Waals surface area contributed by atoms with Crippen molar-refractivity contribution in [3.05, 3.63) is 47.7 Å². The van der Waals surface area contributed by atoms with E-state index in [2.05, 4.69) is 5.32 Å². The van der Waals surface area contributed by atoms with Crippen LogP contribution in [0.1, 0.15) is 12.5 Å². The van der Waals surface area contributed by atoms with Crippen LogP contribution >= 0.6 is 0 Å². The Labute approximate surface area is 94.1 Å². The minimum Gasteiger partial charge on any atom is -0.366 e. The van der Waals surface area contributed by atoms with Crippen LogP contribution in [0.3, 0.4) is 0 Å². The van der Waals surface area contributed by atoms with E-state index < -0.39 is 5.91 Å². The molecular formula is C12H14N2O2. The maximum Gasteiger partial charge on any atom is 0.243 e. The molecule has 3 N–H and O–H groups in total. The van der Waals surface area contributed by atoms with Gasteiger partial charge in [-0.05, 0) is 12.5 Å². The monoisotopic (exact) mass is 218 g/mol. The standard InChI is InChI=1S/C12H14N2O2/c1-9(7-11(13)15)14-12(16)8-10-5-3-2-4-6-10/h2-7H,8H2,1H3,(H2,13,15)(H,14,16)/b9-7+. The number of nitrogens with one attached hydrogen (secondary N) is 1. The van der Waals surface area contributed by atoms with Gasteiger partial charge in [-0.1, -0.05) is 30.3 Å². The first kappa shape index (κ1) is 12.0. The van der Waals surface area contributed by atoms with Crippen molar-refractivity contribution in [1.82, 2.24) is 5.32 Å². The summed E-state index contributed by atoms with van der Waals surface area (Å²) in [6.45, 7) is 1.62. The topological polar surface area (TPSA) is 72.2 Å². The highest BCUT2D eigenvalue weighted by atomic mass is 16.2. The van der Waals surface area contributed by atoms with Crippen LogP contribution in [-0.4, -0.2) is 11.8 Å². The maximum atomic E-state index is 11.5. The van der Waals surface area contributed by atoms with Gasteiger partial charge in [-0.3, -0.25) is 9.59 Å². The maximum absolute atomic E-state index is 11.5. The average molecular weight is 218 g/mol. The van der Waals surface area contributed by atoms with Gasteiger partial charge in [0.05, 0.1) is 6.42 Å². The molecule has 0 aliphatic heterocycles. The van der Waals surface area contributed by atoms with E-state index >= 15 is 0 Å². The second-order valence-corrected chi connectivity index (χ2v) is 3.44. The molecule has 4 heteroatoms. The number of carbonyl (C=O) groups excluding carboxylic acids is 2. The van der Waals surface area contributed by atoms with Gasteiger partial charge in [0.1, 0.15) is 0 Å². The zero-order valence-electron chi connectivity index (χ0n) is 9.07. The normalized spacial score (nSPS) is 10.9. The molecule has 0 radical (unpaired) electrons. The number of allylic oxidation sites excluding steroid dienone is 1. The predicted octanol–water partition coefficient (Wildman–Crippen LogP) is 0.734. The van der Waals surface area contributed by atoms with Gasteiger partial charge >= 0.3 is 0 Å². The van der Waals surface area contributed by atoms with Crippen LogP contribution < -0.4 is 11.1 Å². The van der Waals surface area contributed by atoms with Crippen LogP contribution in [0.15, 0.2) is 42.1 Å². The first-order valence-corrected chi connectivity index (χ1v) is 4.89. The lowest BCUT2D eigenvalue weighted by atomic mass is 10.1. The third-order valence-electron chi connectivity index (χ3n) is 1.90. The third-order valence-corrected chi connectivity index (χ3v) is 1.90. The van der Waals surface area contributed by atoms with Gasteiger partial charge in [0.15, 0.2) is 0 Å². The molecule has 0 unspecified atom stereocenters. The number of hydrogen-bond donors (Lipinski definition) is 2. The summed E-state index contributed by atoms with van der Waals surface area (Å²) in [5, 5.41) is 2.58. The summed E-state index contributed by atoms with van der Waals surface area (Å²) in [5.74, 6) is -0.737. The molecule has 0 saturated carbocycles. The van der Waals surface area contributed by atoms with E-state index in [0.29, 0.717) is 5.70 Å². The second-order valence-electron chi connectivity index (χ2n) is 3.44. The van der Waals surface area contributed by atoms with E-state index in [0.717, 1.165) is 5.56 Å². The summed E-state index contributed by atoms with van der Waals surface area (Å²) in [5.41, 5.74) is 6.33. The molecule has 1 rings (SSSR count).